The fraction of sp³-hybridized carbons (Fsp3) is 0.125. The highest BCUT2D eigenvalue weighted by atomic mass is 35.5. The van der Waals surface area contributed by atoms with E-state index in [0.717, 1.165) is 16.9 Å². The zero-order valence-corrected chi connectivity index (χ0v) is 12.3. The first-order valence-corrected chi connectivity index (χ1v) is 6.97. The Balaban J connectivity index is 1.72. The lowest BCUT2D eigenvalue weighted by Gasteiger charge is -2.03. The van der Waals surface area contributed by atoms with E-state index < -0.39 is 0 Å². The first-order valence-electron chi connectivity index (χ1n) is 6.60. The second-order valence-corrected chi connectivity index (χ2v) is 5.33. The molecule has 0 spiro atoms. The fourth-order valence-corrected chi connectivity index (χ4v) is 2.31. The predicted molar refractivity (Wildman–Crippen MR) is 82.6 cm³/mol. The molecule has 0 radical (unpaired) electrons. The Morgan fingerprint density at radius 1 is 1.33 bits per heavy atom. The first kappa shape index (κ1) is 13.6. The standard InChI is InChI=1S/C16H14ClN3O/c1-11-5-6-20-10-14(19-15(20)7-11)9-18-16(21)12-3-2-4-13(17)8-12/h2-8,10H,9H2,1H3,(H,18,21). The average molecular weight is 300 g/mol. The van der Waals surface area contributed by atoms with Crippen molar-refractivity contribution in [3.63, 3.8) is 0 Å². The number of nitrogens with one attached hydrogen (secondary N) is 1. The molecule has 1 N–H and O–H groups in total. The molecule has 0 aliphatic rings. The molecule has 3 aromatic rings. The third-order valence-corrected chi connectivity index (χ3v) is 3.42. The number of fused-ring (bicyclic) bond motifs is 1. The van der Waals surface area contributed by atoms with Crippen molar-refractivity contribution in [1.29, 1.82) is 0 Å². The molecule has 4 nitrogen and oxygen atoms in total. The molecule has 106 valence electrons. The average Bonchev–Trinajstić information content (AvgIpc) is 2.86. The number of aromatic nitrogens is 2. The summed E-state index contributed by atoms with van der Waals surface area (Å²) in [6.45, 7) is 2.40. The van der Waals surface area contributed by atoms with E-state index in [1.165, 1.54) is 0 Å². The highest BCUT2D eigenvalue weighted by molar-refractivity contribution is 6.30. The zero-order valence-electron chi connectivity index (χ0n) is 11.5. The molecule has 5 heteroatoms. The van der Waals surface area contributed by atoms with Crippen LogP contribution >= 0.6 is 11.6 Å². The van der Waals surface area contributed by atoms with Crippen LogP contribution in [0.3, 0.4) is 0 Å². The van der Waals surface area contributed by atoms with E-state index in [1.807, 2.05) is 35.9 Å². The maximum atomic E-state index is 12.0. The number of nitrogens with zero attached hydrogens (tertiary/aromatic N) is 2. The molecule has 0 saturated heterocycles. The van der Waals surface area contributed by atoms with Gasteiger partial charge >= 0.3 is 0 Å². The van der Waals surface area contributed by atoms with Crippen LogP contribution in [0.15, 0.2) is 48.8 Å². The van der Waals surface area contributed by atoms with E-state index >= 15 is 0 Å². The summed E-state index contributed by atoms with van der Waals surface area (Å²) >= 11 is 5.88. The van der Waals surface area contributed by atoms with E-state index in [9.17, 15) is 4.79 Å². The second-order valence-electron chi connectivity index (χ2n) is 4.89. The molecular formula is C16H14ClN3O. The first-order chi connectivity index (χ1) is 10.1. The number of aryl methyl sites for hydroxylation is 1. The molecule has 1 amide bonds. The summed E-state index contributed by atoms with van der Waals surface area (Å²) in [5.74, 6) is -0.161. The number of benzene rings is 1. The molecule has 3 rings (SSSR count). The van der Waals surface area contributed by atoms with Gasteiger partial charge in [-0.3, -0.25) is 4.79 Å². The third kappa shape index (κ3) is 3.06. The molecule has 0 fully saturated rings. The van der Waals surface area contributed by atoms with E-state index in [-0.39, 0.29) is 5.91 Å². The monoisotopic (exact) mass is 299 g/mol. The van der Waals surface area contributed by atoms with Gasteiger partial charge in [0.15, 0.2) is 0 Å². The van der Waals surface area contributed by atoms with Gasteiger partial charge in [-0.15, -0.1) is 0 Å². The molecule has 0 unspecified atom stereocenters. The largest absolute Gasteiger partial charge is 0.346 e. The third-order valence-electron chi connectivity index (χ3n) is 3.18. The van der Waals surface area contributed by atoms with Crippen LogP contribution in [-0.4, -0.2) is 15.3 Å². The number of imidazole rings is 1. The molecule has 2 heterocycles. The number of halogens is 1. The van der Waals surface area contributed by atoms with Crippen molar-refractivity contribution in [2.75, 3.05) is 0 Å². The smallest absolute Gasteiger partial charge is 0.251 e. The van der Waals surface area contributed by atoms with Gasteiger partial charge in [-0.05, 0) is 42.8 Å². The maximum absolute atomic E-state index is 12.0. The number of carbonyl (C=O) groups excluding carboxylic acids is 1. The van der Waals surface area contributed by atoms with Crippen LogP contribution < -0.4 is 5.32 Å². The van der Waals surface area contributed by atoms with Gasteiger partial charge in [0.25, 0.3) is 5.91 Å². The molecule has 0 saturated carbocycles. The van der Waals surface area contributed by atoms with Gasteiger partial charge in [-0.25, -0.2) is 4.98 Å². The Morgan fingerprint density at radius 3 is 3.00 bits per heavy atom. The van der Waals surface area contributed by atoms with Gasteiger partial charge in [-0.1, -0.05) is 17.7 Å². The van der Waals surface area contributed by atoms with Gasteiger partial charge in [0.05, 0.1) is 12.2 Å². The number of hydrogen-bond acceptors (Lipinski definition) is 2. The van der Waals surface area contributed by atoms with Crippen LogP contribution in [0.4, 0.5) is 0 Å². The summed E-state index contributed by atoms with van der Waals surface area (Å²) in [5, 5.41) is 3.39. The lowest BCUT2D eigenvalue weighted by atomic mass is 10.2. The van der Waals surface area contributed by atoms with Crippen LogP contribution in [0.5, 0.6) is 0 Å². The summed E-state index contributed by atoms with van der Waals surface area (Å²) < 4.78 is 1.94. The minimum Gasteiger partial charge on any atom is -0.346 e. The van der Waals surface area contributed by atoms with Gasteiger partial charge in [0, 0.05) is 23.0 Å². The Morgan fingerprint density at radius 2 is 2.19 bits per heavy atom. The summed E-state index contributed by atoms with van der Waals surface area (Å²) in [4.78, 5) is 16.5. The summed E-state index contributed by atoms with van der Waals surface area (Å²) in [6, 6.07) is 10.9. The van der Waals surface area contributed by atoms with Crippen molar-refractivity contribution in [3.05, 3.63) is 70.6 Å². The predicted octanol–water partition coefficient (Wildman–Crippen LogP) is 3.23. The SMILES string of the molecule is Cc1ccn2cc(CNC(=O)c3cccc(Cl)c3)nc2c1. The zero-order chi connectivity index (χ0) is 14.8. The molecular weight excluding hydrogens is 286 g/mol. The van der Waals surface area contributed by atoms with Crippen molar-refractivity contribution in [2.45, 2.75) is 13.5 Å². The van der Waals surface area contributed by atoms with Crippen molar-refractivity contribution in [1.82, 2.24) is 14.7 Å². The molecule has 0 aliphatic heterocycles. The number of hydrogen-bond donors (Lipinski definition) is 1. The highest BCUT2D eigenvalue weighted by Crippen LogP contribution is 2.11. The number of carbonyl (C=O) groups is 1. The summed E-state index contributed by atoms with van der Waals surface area (Å²) in [7, 11) is 0. The Labute approximate surface area is 127 Å². The van der Waals surface area contributed by atoms with Gasteiger partial charge in [0.1, 0.15) is 5.65 Å². The fourth-order valence-electron chi connectivity index (χ4n) is 2.12. The van der Waals surface area contributed by atoms with E-state index in [4.69, 9.17) is 11.6 Å². The van der Waals surface area contributed by atoms with Crippen LogP contribution in [-0.2, 0) is 6.54 Å². The summed E-state index contributed by atoms with van der Waals surface area (Å²) in [5.41, 5.74) is 3.39. The highest BCUT2D eigenvalue weighted by Gasteiger charge is 2.07. The van der Waals surface area contributed by atoms with Crippen LogP contribution in [0.1, 0.15) is 21.6 Å². The van der Waals surface area contributed by atoms with Crippen molar-refractivity contribution in [3.8, 4) is 0 Å². The van der Waals surface area contributed by atoms with Crippen LogP contribution in [0, 0.1) is 6.92 Å². The Bertz CT molecular complexity index is 810. The molecule has 21 heavy (non-hydrogen) atoms. The molecule has 2 aromatic heterocycles. The van der Waals surface area contributed by atoms with Gasteiger partial charge in [-0.2, -0.15) is 0 Å². The van der Waals surface area contributed by atoms with Crippen molar-refractivity contribution >= 4 is 23.2 Å². The number of rotatable bonds is 3. The van der Waals surface area contributed by atoms with Gasteiger partial charge in [0.2, 0.25) is 0 Å². The van der Waals surface area contributed by atoms with E-state index in [1.54, 1.807) is 24.3 Å². The maximum Gasteiger partial charge on any atom is 0.251 e. The molecule has 0 bridgehead atoms. The quantitative estimate of drug-likeness (QED) is 0.807. The van der Waals surface area contributed by atoms with Gasteiger partial charge < -0.3 is 9.72 Å². The molecule has 0 aliphatic carbocycles. The lowest BCUT2D eigenvalue weighted by Crippen LogP contribution is -2.22. The van der Waals surface area contributed by atoms with Crippen LogP contribution in [0.2, 0.25) is 5.02 Å². The minimum absolute atomic E-state index is 0.161. The van der Waals surface area contributed by atoms with E-state index in [2.05, 4.69) is 10.3 Å². The molecule has 0 atom stereocenters. The van der Waals surface area contributed by atoms with Crippen molar-refractivity contribution < 1.29 is 4.79 Å². The normalized spacial score (nSPS) is 10.8. The van der Waals surface area contributed by atoms with Crippen LogP contribution in [0.25, 0.3) is 5.65 Å². The van der Waals surface area contributed by atoms with E-state index in [0.29, 0.717) is 17.1 Å². The Kier molecular flexibility index (Phi) is 3.62. The lowest BCUT2D eigenvalue weighted by molar-refractivity contribution is 0.0950. The van der Waals surface area contributed by atoms with Crippen molar-refractivity contribution in [2.24, 2.45) is 0 Å². The Hall–Kier alpha value is -2.33. The molecule has 1 aromatic carbocycles. The number of pyridine rings is 1. The summed E-state index contributed by atoms with van der Waals surface area (Å²) in [6.07, 6.45) is 3.87. The number of amides is 1. The minimum atomic E-state index is -0.161. The topological polar surface area (TPSA) is 46.4 Å². The second kappa shape index (κ2) is 5.58.